The summed E-state index contributed by atoms with van der Waals surface area (Å²) in [7, 11) is 1.60. The van der Waals surface area contributed by atoms with Crippen molar-refractivity contribution in [2.24, 2.45) is 0 Å². The molecule has 0 saturated heterocycles. The number of hydrogen-bond acceptors (Lipinski definition) is 4. The van der Waals surface area contributed by atoms with E-state index in [1.807, 2.05) is 37.3 Å². The Bertz CT molecular complexity index is 602. The number of carbonyl (C=O) groups is 1. The van der Waals surface area contributed by atoms with Gasteiger partial charge in [-0.15, -0.1) is 11.3 Å². The normalized spacial score (nSPS) is 10.3. The van der Waals surface area contributed by atoms with E-state index in [-0.39, 0.29) is 12.4 Å². The highest BCUT2D eigenvalue weighted by atomic mass is 32.1. The lowest BCUT2D eigenvalue weighted by Gasteiger charge is -2.11. The average molecular weight is 290 g/mol. The third-order valence-corrected chi connectivity index (χ3v) is 4.05. The van der Waals surface area contributed by atoms with Gasteiger partial charge in [0.25, 0.3) is 0 Å². The fraction of sp³-hybridized carbons (Fsp3) is 0.312. The highest BCUT2D eigenvalue weighted by molar-refractivity contribution is 7.14. The van der Waals surface area contributed by atoms with Crippen molar-refractivity contribution in [2.75, 3.05) is 13.7 Å². The third-order valence-electron chi connectivity index (χ3n) is 3.01. The molecule has 0 fully saturated rings. The van der Waals surface area contributed by atoms with Gasteiger partial charge in [-0.25, -0.2) is 0 Å². The summed E-state index contributed by atoms with van der Waals surface area (Å²) in [6.45, 7) is 4.09. The van der Waals surface area contributed by atoms with E-state index in [9.17, 15) is 4.79 Å². The number of benzene rings is 1. The van der Waals surface area contributed by atoms with Crippen LogP contribution in [0.25, 0.3) is 0 Å². The Balaban J connectivity index is 2.05. The number of rotatable bonds is 6. The number of thiophene rings is 1. The molecule has 106 valence electrons. The van der Waals surface area contributed by atoms with E-state index < -0.39 is 0 Å². The summed E-state index contributed by atoms with van der Waals surface area (Å²) < 4.78 is 10.9. The fourth-order valence-electron chi connectivity index (χ4n) is 1.85. The van der Waals surface area contributed by atoms with E-state index >= 15 is 0 Å². The van der Waals surface area contributed by atoms with Crippen LogP contribution in [0.2, 0.25) is 0 Å². The molecule has 1 aromatic heterocycles. The van der Waals surface area contributed by atoms with Gasteiger partial charge in [-0.3, -0.25) is 4.79 Å². The van der Waals surface area contributed by atoms with E-state index in [1.54, 1.807) is 7.11 Å². The number of ketones is 1. The first-order valence-corrected chi connectivity index (χ1v) is 7.35. The van der Waals surface area contributed by atoms with Gasteiger partial charge in [0.05, 0.1) is 12.0 Å². The van der Waals surface area contributed by atoms with Crippen LogP contribution >= 0.6 is 11.3 Å². The Hall–Kier alpha value is -1.81. The Labute approximate surface area is 123 Å². The first kappa shape index (κ1) is 14.6. The van der Waals surface area contributed by atoms with Gasteiger partial charge >= 0.3 is 0 Å². The standard InChI is InChI=1S/C16H18O3S/c1-4-12-6-7-14(15(9-12)18-3)19-10-13(17)16-8-5-11(2)20-16/h5-9H,4,10H2,1-3H3. The van der Waals surface area contributed by atoms with Crippen molar-refractivity contribution in [1.82, 2.24) is 0 Å². The van der Waals surface area contributed by atoms with E-state index in [0.29, 0.717) is 11.5 Å². The van der Waals surface area contributed by atoms with Gasteiger partial charge in [-0.2, -0.15) is 0 Å². The van der Waals surface area contributed by atoms with Gasteiger partial charge in [0.2, 0.25) is 5.78 Å². The fourth-order valence-corrected chi connectivity index (χ4v) is 2.64. The summed E-state index contributed by atoms with van der Waals surface area (Å²) >= 11 is 1.49. The molecule has 0 atom stereocenters. The van der Waals surface area contributed by atoms with Crippen molar-refractivity contribution in [3.63, 3.8) is 0 Å². The molecular weight excluding hydrogens is 272 g/mol. The first-order chi connectivity index (χ1) is 9.63. The van der Waals surface area contributed by atoms with E-state index in [2.05, 4.69) is 6.92 Å². The predicted octanol–water partition coefficient (Wildman–Crippen LogP) is 3.89. The van der Waals surface area contributed by atoms with Gasteiger partial charge in [0.1, 0.15) is 0 Å². The number of methoxy groups -OCH3 is 1. The van der Waals surface area contributed by atoms with Crippen LogP contribution in [0.1, 0.15) is 27.0 Å². The quantitative estimate of drug-likeness (QED) is 0.757. The Morgan fingerprint density at radius 1 is 1.20 bits per heavy atom. The molecule has 20 heavy (non-hydrogen) atoms. The van der Waals surface area contributed by atoms with Crippen LogP contribution in [0.3, 0.4) is 0 Å². The van der Waals surface area contributed by atoms with Gasteiger partial charge in [0, 0.05) is 4.88 Å². The molecule has 1 aromatic carbocycles. The lowest BCUT2D eigenvalue weighted by molar-refractivity contribution is 0.0923. The highest BCUT2D eigenvalue weighted by Crippen LogP contribution is 2.28. The van der Waals surface area contributed by atoms with E-state index in [4.69, 9.17) is 9.47 Å². The summed E-state index contributed by atoms with van der Waals surface area (Å²) in [5, 5.41) is 0. The topological polar surface area (TPSA) is 35.5 Å². The maximum absolute atomic E-state index is 12.0. The van der Waals surface area contributed by atoms with E-state index in [1.165, 1.54) is 16.9 Å². The minimum absolute atomic E-state index is 0.00952. The monoisotopic (exact) mass is 290 g/mol. The molecular formula is C16H18O3S. The molecule has 0 N–H and O–H groups in total. The van der Waals surface area contributed by atoms with Crippen molar-refractivity contribution >= 4 is 17.1 Å². The molecule has 0 aliphatic carbocycles. The molecule has 0 aliphatic heterocycles. The maximum atomic E-state index is 12.0. The second-order valence-corrected chi connectivity index (χ2v) is 5.75. The van der Waals surface area contributed by atoms with Crippen molar-refractivity contribution in [3.8, 4) is 11.5 Å². The Morgan fingerprint density at radius 2 is 2.00 bits per heavy atom. The van der Waals surface area contributed by atoms with Crippen LogP contribution in [0.15, 0.2) is 30.3 Å². The summed E-state index contributed by atoms with van der Waals surface area (Å²) in [5.41, 5.74) is 1.18. The second-order valence-electron chi connectivity index (χ2n) is 4.46. The van der Waals surface area contributed by atoms with Crippen LogP contribution in [0.5, 0.6) is 11.5 Å². The van der Waals surface area contributed by atoms with Crippen molar-refractivity contribution in [3.05, 3.63) is 45.6 Å². The molecule has 0 radical (unpaired) electrons. The SMILES string of the molecule is CCc1ccc(OCC(=O)c2ccc(C)s2)c(OC)c1. The van der Waals surface area contributed by atoms with Gasteiger partial charge in [-0.05, 0) is 43.2 Å². The van der Waals surface area contributed by atoms with Crippen LogP contribution in [-0.2, 0) is 6.42 Å². The molecule has 1 heterocycles. The van der Waals surface area contributed by atoms with Crippen LogP contribution in [-0.4, -0.2) is 19.5 Å². The molecule has 0 saturated carbocycles. The van der Waals surface area contributed by atoms with Gasteiger partial charge in [0.15, 0.2) is 18.1 Å². The number of hydrogen-bond donors (Lipinski definition) is 0. The molecule has 0 spiro atoms. The van der Waals surface area contributed by atoms with Gasteiger partial charge < -0.3 is 9.47 Å². The summed E-state index contributed by atoms with van der Waals surface area (Å²) in [5.74, 6) is 1.26. The summed E-state index contributed by atoms with van der Waals surface area (Å²) in [6.07, 6.45) is 0.935. The van der Waals surface area contributed by atoms with Crippen molar-refractivity contribution < 1.29 is 14.3 Å². The first-order valence-electron chi connectivity index (χ1n) is 6.53. The zero-order valence-electron chi connectivity index (χ0n) is 11.9. The smallest absolute Gasteiger partial charge is 0.210 e. The Kier molecular flexibility index (Phi) is 4.79. The zero-order valence-corrected chi connectivity index (χ0v) is 12.8. The summed E-state index contributed by atoms with van der Waals surface area (Å²) in [6, 6.07) is 9.55. The van der Waals surface area contributed by atoms with Crippen molar-refractivity contribution in [1.29, 1.82) is 0 Å². The molecule has 2 rings (SSSR count). The minimum Gasteiger partial charge on any atom is -0.493 e. The van der Waals surface area contributed by atoms with Crippen molar-refractivity contribution in [2.45, 2.75) is 20.3 Å². The highest BCUT2D eigenvalue weighted by Gasteiger charge is 2.11. The Morgan fingerprint density at radius 3 is 2.60 bits per heavy atom. The molecule has 4 heteroatoms. The molecule has 0 aliphatic rings. The van der Waals surface area contributed by atoms with Gasteiger partial charge in [-0.1, -0.05) is 13.0 Å². The number of ether oxygens (including phenoxy) is 2. The number of carbonyl (C=O) groups excluding carboxylic acids is 1. The van der Waals surface area contributed by atoms with Crippen LogP contribution in [0.4, 0.5) is 0 Å². The lowest BCUT2D eigenvalue weighted by Crippen LogP contribution is -2.10. The lowest BCUT2D eigenvalue weighted by atomic mass is 10.1. The number of aryl methyl sites for hydroxylation is 2. The minimum atomic E-state index is -0.00952. The molecule has 0 amide bonds. The molecule has 0 unspecified atom stereocenters. The molecule has 3 nitrogen and oxygen atoms in total. The maximum Gasteiger partial charge on any atom is 0.210 e. The third kappa shape index (κ3) is 3.39. The molecule has 0 bridgehead atoms. The average Bonchev–Trinajstić information content (AvgIpc) is 2.91. The summed E-state index contributed by atoms with van der Waals surface area (Å²) in [4.78, 5) is 13.9. The van der Waals surface area contributed by atoms with Crippen LogP contribution < -0.4 is 9.47 Å². The molecule has 2 aromatic rings. The zero-order chi connectivity index (χ0) is 14.5. The second kappa shape index (κ2) is 6.57. The van der Waals surface area contributed by atoms with E-state index in [0.717, 1.165) is 16.2 Å². The predicted molar refractivity (Wildman–Crippen MR) is 81.3 cm³/mol. The number of Topliss-reactive ketones (excluding diaryl/α,β-unsaturated/α-hetero) is 1. The van der Waals surface area contributed by atoms with Crippen LogP contribution in [0, 0.1) is 6.92 Å². The largest absolute Gasteiger partial charge is 0.493 e.